The highest BCUT2D eigenvalue weighted by molar-refractivity contribution is 7.89. The molecule has 0 saturated heterocycles. The lowest BCUT2D eigenvalue weighted by Gasteiger charge is -2.11. The van der Waals surface area contributed by atoms with E-state index in [0.717, 1.165) is 0 Å². The summed E-state index contributed by atoms with van der Waals surface area (Å²) in [6.07, 6.45) is 3.53. The Hall–Kier alpha value is -2.06. The standard InChI is InChI=1S/C11H15N5O2S/c12-11-9(3-1-4-10(11)19(13,17)18)14-6-8-16-7-2-5-15-16/h1-5,7,14H,6,8,12H2,(H2,13,17,18). The Morgan fingerprint density at radius 3 is 2.74 bits per heavy atom. The Morgan fingerprint density at radius 2 is 2.11 bits per heavy atom. The van der Waals surface area contributed by atoms with Gasteiger partial charge < -0.3 is 11.1 Å². The summed E-state index contributed by atoms with van der Waals surface area (Å²) in [5.41, 5.74) is 6.46. The first-order chi connectivity index (χ1) is 8.98. The number of nitrogens with one attached hydrogen (secondary N) is 1. The molecule has 0 amide bonds. The normalized spacial score (nSPS) is 11.4. The van der Waals surface area contributed by atoms with E-state index in [-0.39, 0.29) is 10.6 Å². The summed E-state index contributed by atoms with van der Waals surface area (Å²) >= 11 is 0. The molecule has 0 spiro atoms. The molecule has 0 aliphatic heterocycles. The number of nitrogens with two attached hydrogens (primary N) is 2. The van der Waals surface area contributed by atoms with E-state index in [2.05, 4.69) is 10.4 Å². The highest BCUT2D eigenvalue weighted by Crippen LogP contribution is 2.25. The second kappa shape index (κ2) is 5.29. The van der Waals surface area contributed by atoms with Crippen LogP contribution >= 0.6 is 0 Å². The number of hydrogen-bond acceptors (Lipinski definition) is 5. The van der Waals surface area contributed by atoms with Crippen LogP contribution in [0.25, 0.3) is 0 Å². The molecule has 0 aliphatic carbocycles. The minimum absolute atomic E-state index is 0.0726. The van der Waals surface area contributed by atoms with Gasteiger partial charge in [0, 0.05) is 18.9 Å². The number of nitrogen functional groups attached to an aromatic ring is 1. The molecule has 0 fully saturated rings. The van der Waals surface area contributed by atoms with Crippen molar-refractivity contribution in [3.05, 3.63) is 36.7 Å². The van der Waals surface area contributed by atoms with Gasteiger partial charge in [-0.1, -0.05) is 6.07 Å². The molecule has 1 heterocycles. The van der Waals surface area contributed by atoms with Crippen molar-refractivity contribution in [2.24, 2.45) is 5.14 Å². The molecule has 19 heavy (non-hydrogen) atoms. The van der Waals surface area contributed by atoms with Crippen LogP contribution in [0.5, 0.6) is 0 Å². The summed E-state index contributed by atoms with van der Waals surface area (Å²) in [6.45, 7) is 1.21. The maximum atomic E-state index is 11.3. The monoisotopic (exact) mass is 281 g/mol. The topological polar surface area (TPSA) is 116 Å². The Balaban J connectivity index is 2.09. The highest BCUT2D eigenvalue weighted by atomic mass is 32.2. The molecule has 2 aromatic rings. The summed E-state index contributed by atoms with van der Waals surface area (Å²) in [5, 5.41) is 12.2. The molecular weight excluding hydrogens is 266 g/mol. The molecule has 1 aromatic heterocycles. The zero-order valence-corrected chi connectivity index (χ0v) is 11.0. The number of anilines is 2. The van der Waals surface area contributed by atoms with Crippen molar-refractivity contribution in [2.45, 2.75) is 11.4 Å². The van der Waals surface area contributed by atoms with Crippen molar-refractivity contribution in [3.63, 3.8) is 0 Å². The second-order valence-corrected chi connectivity index (χ2v) is 5.49. The molecule has 0 bridgehead atoms. The molecule has 0 atom stereocenters. The van der Waals surface area contributed by atoms with E-state index in [1.807, 2.05) is 12.3 Å². The molecule has 7 nitrogen and oxygen atoms in total. The lowest BCUT2D eigenvalue weighted by Crippen LogP contribution is -2.16. The Morgan fingerprint density at radius 1 is 1.32 bits per heavy atom. The molecule has 1 aromatic carbocycles. The first-order valence-corrected chi connectivity index (χ1v) is 7.16. The quantitative estimate of drug-likeness (QED) is 0.678. The Bertz CT molecular complexity index is 652. The van der Waals surface area contributed by atoms with Gasteiger partial charge in [-0.25, -0.2) is 13.6 Å². The molecule has 2 rings (SSSR count). The number of hydrogen-bond donors (Lipinski definition) is 3. The largest absolute Gasteiger partial charge is 0.396 e. The number of benzene rings is 1. The zero-order chi connectivity index (χ0) is 13.9. The van der Waals surface area contributed by atoms with E-state index in [0.29, 0.717) is 18.8 Å². The number of sulfonamides is 1. The lowest BCUT2D eigenvalue weighted by atomic mass is 10.2. The Kier molecular flexibility index (Phi) is 3.72. The fourth-order valence-corrected chi connectivity index (χ4v) is 2.37. The average molecular weight is 281 g/mol. The van der Waals surface area contributed by atoms with Gasteiger partial charge in [-0.3, -0.25) is 4.68 Å². The van der Waals surface area contributed by atoms with Crippen molar-refractivity contribution in [3.8, 4) is 0 Å². The van der Waals surface area contributed by atoms with Gasteiger partial charge >= 0.3 is 0 Å². The van der Waals surface area contributed by atoms with Crippen LogP contribution in [0.3, 0.4) is 0 Å². The first-order valence-electron chi connectivity index (χ1n) is 5.61. The number of para-hydroxylation sites is 1. The fraction of sp³-hybridized carbons (Fsp3) is 0.182. The number of primary sulfonamides is 1. The zero-order valence-electron chi connectivity index (χ0n) is 10.2. The lowest BCUT2D eigenvalue weighted by molar-refractivity contribution is 0.598. The number of nitrogens with zero attached hydrogens (tertiary/aromatic N) is 2. The van der Waals surface area contributed by atoms with E-state index in [1.54, 1.807) is 23.0 Å². The molecule has 0 unspecified atom stereocenters. The van der Waals surface area contributed by atoms with Gasteiger partial charge in [0.25, 0.3) is 0 Å². The molecule has 102 valence electrons. The summed E-state index contributed by atoms with van der Waals surface area (Å²) < 4.78 is 24.4. The summed E-state index contributed by atoms with van der Waals surface area (Å²) in [5.74, 6) is 0. The van der Waals surface area contributed by atoms with E-state index in [1.165, 1.54) is 6.07 Å². The van der Waals surface area contributed by atoms with Crippen LogP contribution in [0.15, 0.2) is 41.6 Å². The highest BCUT2D eigenvalue weighted by Gasteiger charge is 2.14. The van der Waals surface area contributed by atoms with Crippen LogP contribution in [-0.2, 0) is 16.6 Å². The van der Waals surface area contributed by atoms with Crippen LogP contribution in [0.1, 0.15) is 0 Å². The predicted molar refractivity (Wildman–Crippen MR) is 72.9 cm³/mol. The summed E-state index contributed by atoms with van der Waals surface area (Å²) in [7, 11) is -3.81. The van der Waals surface area contributed by atoms with E-state index in [4.69, 9.17) is 10.9 Å². The van der Waals surface area contributed by atoms with E-state index >= 15 is 0 Å². The first kappa shape index (κ1) is 13.4. The van der Waals surface area contributed by atoms with Gasteiger partial charge in [0.05, 0.1) is 17.9 Å². The minimum atomic E-state index is -3.81. The molecule has 8 heteroatoms. The van der Waals surface area contributed by atoms with Crippen molar-refractivity contribution in [1.82, 2.24) is 9.78 Å². The smallest absolute Gasteiger partial charge is 0.240 e. The Labute approximate surface area is 111 Å². The number of rotatable bonds is 5. The summed E-state index contributed by atoms with van der Waals surface area (Å²) in [6, 6.07) is 6.50. The SMILES string of the molecule is Nc1c(NCCn2cccn2)cccc1S(N)(=O)=O. The van der Waals surface area contributed by atoms with E-state index in [9.17, 15) is 8.42 Å². The molecular formula is C11H15N5O2S. The predicted octanol–water partition coefficient (Wildman–Crippen LogP) is 0.225. The van der Waals surface area contributed by atoms with Gasteiger partial charge in [0.2, 0.25) is 10.0 Å². The summed E-state index contributed by atoms with van der Waals surface area (Å²) in [4.78, 5) is -0.0726. The van der Waals surface area contributed by atoms with Crippen LogP contribution in [-0.4, -0.2) is 24.7 Å². The molecule has 5 N–H and O–H groups in total. The van der Waals surface area contributed by atoms with Gasteiger partial charge in [-0.2, -0.15) is 5.10 Å². The maximum absolute atomic E-state index is 11.3. The van der Waals surface area contributed by atoms with Gasteiger partial charge in [-0.15, -0.1) is 0 Å². The average Bonchev–Trinajstić information content (AvgIpc) is 2.83. The van der Waals surface area contributed by atoms with Crippen LogP contribution in [0, 0.1) is 0 Å². The van der Waals surface area contributed by atoms with Crippen molar-refractivity contribution in [1.29, 1.82) is 0 Å². The fourth-order valence-electron chi connectivity index (χ4n) is 1.68. The third-order valence-corrected chi connectivity index (χ3v) is 3.56. The second-order valence-electron chi connectivity index (χ2n) is 3.96. The van der Waals surface area contributed by atoms with Crippen molar-refractivity contribution >= 4 is 21.4 Å². The van der Waals surface area contributed by atoms with Crippen LogP contribution in [0.2, 0.25) is 0 Å². The number of aromatic nitrogens is 2. The van der Waals surface area contributed by atoms with Crippen LogP contribution in [0.4, 0.5) is 11.4 Å². The molecule has 0 radical (unpaired) electrons. The maximum Gasteiger partial charge on any atom is 0.240 e. The van der Waals surface area contributed by atoms with Crippen LogP contribution < -0.4 is 16.2 Å². The van der Waals surface area contributed by atoms with Gasteiger partial charge in [-0.05, 0) is 18.2 Å². The van der Waals surface area contributed by atoms with Crippen molar-refractivity contribution < 1.29 is 8.42 Å². The molecule has 0 aliphatic rings. The third-order valence-electron chi connectivity index (χ3n) is 2.59. The van der Waals surface area contributed by atoms with Crippen molar-refractivity contribution in [2.75, 3.05) is 17.6 Å². The van der Waals surface area contributed by atoms with Gasteiger partial charge in [0.1, 0.15) is 4.90 Å². The molecule has 0 saturated carbocycles. The van der Waals surface area contributed by atoms with E-state index < -0.39 is 10.0 Å². The van der Waals surface area contributed by atoms with Gasteiger partial charge in [0.15, 0.2) is 0 Å². The minimum Gasteiger partial charge on any atom is -0.396 e. The third kappa shape index (κ3) is 3.24.